The number of halogens is 1. The topological polar surface area (TPSA) is 41.6 Å². The van der Waals surface area contributed by atoms with E-state index in [-0.39, 0.29) is 24.4 Å². The van der Waals surface area contributed by atoms with Crippen molar-refractivity contribution in [3.8, 4) is 5.75 Å². The predicted molar refractivity (Wildman–Crippen MR) is 89.5 cm³/mol. The quantitative estimate of drug-likeness (QED) is 0.929. The monoisotopic (exact) mass is 324 g/mol. The molecule has 0 saturated carbocycles. The summed E-state index contributed by atoms with van der Waals surface area (Å²) in [7, 11) is 1.68. The van der Waals surface area contributed by atoms with E-state index < -0.39 is 0 Å². The molecular weight excluding hydrogens is 300 g/mol. The van der Waals surface area contributed by atoms with Crippen LogP contribution in [0.4, 0.5) is 0 Å². The predicted octanol–water partition coefficient (Wildman–Crippen LogP) is 2.78. The zero-order chi connectivity index (χ0) is 14.7. The van der Waals surface area contributed by atoms with E-state index in [1.165, 1.54) is 18.4 Å². The second-order valence-electron chi connectivity index (χ2n) is 6.03. The number of hydrogen-bond donors (Lipinski definition) is 1. The van der Waals surface area contributed by atoms with Crippen molar-refractivity contribution in [2.45, 2.75) is 31.7 Å². The molecule has 2 heterocycles. The SMILES string of the molecule is COc1ccc(C2CCCCCN2C(=O)C2CNC2)cc1.Cl. The second-order valence-corrected chi connectivity index (χ2v) is 6.03. The largest absolute Gasteiger partial charge is 0.497 e. The molecule has 2 saturated heterocycles. The van der Waals surface area contributed by atoms with Gasteiger partial charge in [0.15, 0.2) is 0 Å². The molecule has 1 aromatic carbocycles. The van der Waals surface area contributed by atoms with E-state index in [4.69, 9.17) is 4.74 Å². The van der Waals surface area contributed by atoms with E-state index >= 15 is 0 Å². The number of hydrogen-bond acceptors (Lipinski definition) is 3. The smallest absolute Gasteiger partial charge is 0.228 e. The van der Waals surface area contributed by atoms with E-state index in [0.29, 0.717) is 5.91 Å². The van der Waals surface area contributed by atoms with Crippen molar-refractivity contribution >= 4 is 18.3 Å². The van der Waals surface area contributed by atoms with Crippen LogP contribution in [-0.4, -0.2) is 37.6 Å². The molecule has 22 heavy (non-hydrogen) atoms. The summed E-state index contributed by atoms with van der Waals surface area (Å²) < 4.78 is 5.23. The summed E-state index contributed by atoms with van der Waals surface area (Å²) in [4.78, 5) is 14.8. The number of methoxy groups -OCH3 is 1. The minimum atomic E-state index is 0. The van der Waals surface area contributed by atoms with Crippen molar-refractivity contribution < 1.29 is 9.53 Å². The van der Waals surface area contributed by atoms with E-state index in [2.05, 4.69) is 22.3 Å². The van der Waals surface area contributed by atoms with Gasteiger partial charge in [-0.05, 0) is 30.5 Å². The van der Waals surface area contributed by atoms with Crippen molar-refractivity contribution in [1.29, 1.82) is 0 Å². The lowest BCUT2D eigenvalue weighted by Crippen LogP contribution is -2.52. The average molecular weight is 325 g/mol. The first kappa shape index (κ1) is 17.1. The molecule has 3 rings (SSSR count). The van der Waals surface area contributed by atoms with Gasteiger partial charge in [0.05, 0.1) is 19.1 Å². The van der Waals surface area contributed by atoms with Crippen molar-refractivity contribution in [2.75, 3.05) is 26.7 Å². The van der Waals surface area contributed by atoms with Gasteiger partial charge in [0.1, 0.15) is 5.75 Å². The Morgan fingerprint density at radius 1 is 1.18 bits per heavy atom. The molecule has 0 aromatic heterocycles. The van der Waals surface area contributed by atoms with Gasteiger partial charge in [-0.3, -0.25) is 4.79 Å². The molecule has 2 fully saturated rings. The van der Waals surface area contributed by atoms with Crippen LogP contribution in [0.1, 0.15) is 37.3 Å². The van der Waals surface area contributed by atoms with Crippen LogP contribution in [0.5, 0.6) is 5.75 Å². The maximum atomic E-state index is 12.7. The van der Waals surface area contributed by atoms with Gasteiger partial charge in [0.2, 0.25) is 5.91 Å². The van der Waals surface area contributed by atoms with Gasteiger partial charge in [-0.15, -0.1) is 12.4 Å². The first-order chi connectivity index (χ1) is 10.3. The Morgan fingerprint density at radius 3 is 2.50 bits per heavy atom. The molecule has 1 aromatic rings. The van der Waals surface area contributed by atoms with Gasteiger partial charge < -0.3 is 15.0 Å². The maximum Gasteiger partial charge on any atom is 0.228 e. The lowest BCUT2D eigenvalue weighted by Gasteiger charge is -2.36. The summed E-state index contributed by atoms with van der Waals surface area (Å²) in [5, 5.41) is 3.20. The van der Waals surface area contributed by atoms with E-state index in [9.17, 15) is 4.79 Å². The minimum absolute atomic E-state index is 0. The molecule has 1 unspecified atom stereocenters. The molecule has 0 aliphatic carbocycles. The van der Waals surface area contributed by atoms with Crippen LogP contribution in [0.3, 0.4) is 0 Å². The number of amides is 1. The molecule has 0 bridgehead atoms. The first-order valence-corrected chi connectivity index (χ1v) is 7.95. The van der Waals surface area contributed by atoms with E-state index in [1.807, 2.05) is 12.1 Å². The molecule has 1 N–H and O–H groups in total. The molecule has 0 radical (unpaired) electrons. The molecule has 4 nitrogen and oxygen atoms in total. The summed E-state index contributed by atoms with van der Waals surface area (Å²) in [5.41, 5.74) is 1.23. The molecule has 2 aliphatic rings. The van der Waals surface area contributed by atoms with Gasteiger partial charge in [-0.2, -0.15) is 0 Å². The number of ether oxygens (including phenoxy) is 1. The van der Waals surface area contributed by atoms with Crippen LogP contribution in [-0.2, 0) is 4.79 Å². The van der Waals surface area contributed by atoms with Crippen LogP contribution >= 0.6 is 12.4 Å². The van der Waals surface area contributed by atoms with Crippen LogP contribution in [0.2, 0.25) is 0 Å². The van der Waals surface area contributed by atoms with Crippen LogP contribution in [0, 0.1) is 5.92 Å². The maximum absolute atomic E-state index is 12.7. The fourth-order valence-corrected chi connectivity index (χ4v) is 3.24. The number of nitrogens with zero attached hydrogens (tertiary/aromatic N) is 1. The number of carbonyl (C=O) groups is 1. The average Bonchev–Trinajstić information content (AvgIpc) is 2.71. The van der Waals surface area contributed by atoms with Crippen molar-refractivity contribution in [1.82, 2.24) is 10.2 Å². The second kappa shape index (κ2) is 7.84. The molecule has 0 spiro atoms. The zero-order valence-electron chi connectivity index (χ0n) is 13.1. The molecule has 5 heteroatoms. The Labute approximate surface area is 138 Å². The van der Waals surface area contributed by atoms with Gasteiger partial charge in [0, 0.05) is 19.6 Å². The normalized spacial score (nSPS) is 22.2. The van der Waals surface area contributed by atoms with E-state index in [0.717, 1.165) is 38.2 Å². The minimum Gasteiger partial charge on any atom is -0.497 e. The number of nitrogens with one attached hydrogen (secondary N) is 1. The highest BCUT2D eigenvalue weighted by atomic mass is 35.5. The molecular formula is C17H25ClN2O2. The third kappa shape index (κ3) is 3.55. The highest BCUT2D eigenvalue weighted by molar-refractivity contribution is 5.85. The molecule has 1 amide bonds. The first-order valence-electron chi connectivity index (χ1n) is 7.95. The lowest BCUT2D eigenvalue weighted by atomic mass is 9.96. The summed E-state index contributed by atoms with van der Waals surface area (Å²) in [6, 6.07) is 8.43. The number of carbonyl (C=O) groups excluding carboxylic acids is 1. The number of likely N-dealkylation sites (tertiary alicyclic amines) is 1. The summed E-state index contributed by atoms with van der Waals surface area (Å²) in [6.45, 7) is 2.57. The summed E-state index contributed by atoms with van der Waals surface area (Å²) >= 11 is 0. The molecule has 122 valence electrons. The summed E-state index contributed by atoms with van der Waals surface area (Å²) in [6.07, 6.45) is 4.61. The van der Waals surface area contributed by atoms with Gasteiger partial charge in [0.25, 0.3) is 0 Å². The van der Waals surface area contributed by atoms with Gasteiger partial charge in [-0.1, -0.05) is 25.0 Å². The Kier molecular flexibility index (Phi) is 6.09. The van der Waals surface area contributed by atoms with Crippen LogP contribution < -0.4 is 10.1 Å². The Hall–Kier alpha value is -1.26. The standard InChI is InChI=1S/C17H24N2O2.ClH/c1-21-15-8-6-13(7-9-15)16-5-3-2-4-10-19(16)17(20)14-11-18-12-14;/h6-9,14,16,18H,2-5,10-12H2,1H3;1H. The van der Waals surface area contributed by atoms with Crippen molar-refractivity contribution in [3.63, 3.8) is 0 Å². The fourth-order valence-electron chi connectivity index (χ4n) is 3.24. The Balaban J connectivity index is 0.00000176. The zero-order valence-corrected chi connectivity index (χ0v) is 13.9. The fraction of sp³-hybridized carbons (Fsp3) is 0.588. The third-order valence-electron chi connectivity index (χ3n) is 4.67. The molecule has 2 aliphatic heterocycles. The summed E-state index contributed by atoms with van der Waals surface area (Å²) in [5.74, 6) is 1.38. The molecule has 1 atom stereocenters. The Morgan fingerprint density at radius 2 is 1.91 bits per heavy atom. The highest BCUT2D eigenvalue weighted by Gasteiger charge is 2.34. The van der Waals surface area contributed by atoms with Gasteiger partial charge >= 0.3 is 0 Å². The van der Waals surface area contributed by atoms with Crippen LogP contribution in [0.15, 0.2) is 24.3 Å². The van der Waals surface area contributed by atoms with Gasteiger partial charge in [-0.25, -0.2) is 0 Å². The Bertz CT molecular complexity index is 488. The van der Waals surface area contributed by atoms with Crippen molar-refractivity contribution in [3.05, 3.63) is 29.8 Å². The number of rotatable bonds is 3. The highest BCUT2D eigenvalue weighted by Crippen LogP contribution is 2.32. The third-order valence-corrected chi connectivity index (χ3v) is 4.67. The van der Waals surface area contributed by atoms with E-state index in [1.54, 1.807) is 7.11 Å². The van der Waals surface area contributed by atoms with Crippen molar-refractivity contribution in [2.24, 2.45) is 5.92 Å². The lowest BCUT2D eigenvalue weighted by molar-refractivity contribution is -0.139. The number of benzene rings is 1. The van der Waals surface area contributed by atoms with Crippen LogP contribution in [0.25, 0.3) is 0 Å².